The van der Waals surface area contributed by atoms with Crippen LogP contribution in [0.2, 0.25) is 0 Å². The molecule has 0 aliphatic rings. The van der Waals surface area contributed by atoms with Gasteiger partial charge in [-0.15, -0.1) is 24.0 Å². The van der Waals surface area contributed by atoms with E-state index in [9.17, 15) is 13.2 Å². The normalized spacial score (nSPS) is 13.0. The first-order chi connectivity index (χ1) is 14.1. The predicted octanol–water partition coefficient (Wildman–Crippen LogP) is 3.97. The van der Waals surface area contributed by atoms with Crippen molar-refractivity contribution in [1.82, 2.24) is 15.5 Å². The molecule has 0 aliphatic heterocycles. The quantitative estimate of drug-likeness (QED) is 0.230. The van der Waals surface area contributed by atoms with Gasteiger partial charge < -0.3 is 25.0 Å². The Morgan fingerprint density at radius 1 is 1.19 bits per heavy atom. The van der Waals surface area contributed by atoms with Gasteiger partial charge in [0.2, 0.25) is 0 Å². The van der Waals surface area contributed by atoms with E-state index in [-0.39, 0.29) is 42.4 Å². The van der Waals surface area contributed by atoms with E-state index in [0.29, 0.717) is 31.2 Å². The minimum atomic E-state index is -4.39. The lowest BCUT2D eigenvalue weighted by molar-refractivity contribution is -0.153. The van der Waals surface area contributed by atoms with Crippen molar-refractivity contribution in [2.75, 3.05) is 46.9 Å². The van der Waals surface area contributed by atoms with Crippen LogP contribution < -0.4 is 15.4 Å². The van der Waals surface area contributed by atoms with Gasteiger partial charge in [-0.1, -0.05) is 12.1 Å². The third-order valence-corrected chi connectivity index (χ3v) is 4.16. The van der Waals surface area contributed by atoms with E-state index >= 15 is 0 Å². The second-order valence-electron chi connectivity index (χ2n) is 7.26. The van der Waals surface area contributed by atoms with Crippen LogP contribution in [0.3, 0.4) is 0 Å². The minimum Gasteiger partial charge on any atom is -0.484 e. The molecule has 0 saturated carbocycles. The number of guanidine groups is 1. The topological polar surface area (TPSA) is 58.1 Å². The second-order valence-corrected chi connectivity index (χ2v) is 7.26. The van der Waals surface area contributed by atoms with Gasteiger partial charge in [-0.05, 0) is 52.9 Å². The lowest BCUT2D eigenvalue weighted by Gasteiger charge is -2.21. The van der Waals surface area contributed by atoms with E-state index in [1.54, 1.807) is 19.1 Å². The lowest BCUT2D eigenvalue weighted by Crippen LogP contribution is -2.42. The van der Waals surface area contributed by atoms with Crippen molar-refractivity contribution in [1.29, 1.82) is 0 Å². The van der Waals surface area contributed by atoms with Crippen molar-refractivity contribution < 1.29 is 22.6 Å². The van der Waals surface area contributed by atoms with Crippen molar-refractivity contribution in [2.45, 2.75) is 46.0 Å². The molecule has 6 nitrogen and oxygen atoms in total. The Morgan fingerprint density at radius 2 is 1.90 bits per heavy atom. The summed E-state index contributed by atoms with van der Waals surface area (Å²) in [5.41, 5.74) is 1.42. The molecule has 10 heteroatoms. The number of nitrogens with zero attached hydrogens (tertiary/aromatic N) is 2. The van der Waals surface area contributed by atoms with E-state index in [2.05, 4.69) is 20.5 Å². The molecule has 0 aliphatic carbocycles. The average molecular weight is 560 g/mol. The SMILES string of the molecule is CCNC(=NCc1ccc(C)cc1OCC(F)(F)F)NCC(CCN(C)C)OCC.I. The van der Waals surface area contributed by atoms with E-state index in [1.807, 2.05) is 34.0 Å². The fourth-order valence-electron chi connectivity index (χ4n) is 2.69. The Bertz CT molecular complexity index is 658. The first kappa shape index (κ1) is 29.7. The number of ether oxygens (including phenoxy) is 2. The molecule has 180 valence electrons. The number of hydrogen-bond donors (Lipinski definition) is 2. The maximum Gasteiger partial charge on any atom is 0.422 e. The molecule has 0 spiro atoms. The van der Waals surface area contributed by atoms with Crippen LogP contribution in [0.5, 0.6) is 5.75 Å². The molecular formula is C21H36F3IN4O2. The monoisotopic (exact) mass is 560 g/mol. The summed E-state index contributed by atoms with van der Waals surface area (Å²) in [6, 6.07) is 5.18. The summed E-state index contributed by atoms with van der Waals surface area (Å²) in [6.45, 7) is 7.36. The van der Waals surface area contributed by atoms with Gasteiger partial charge in [0.1, 0.15) is 5.75 Å². The number of aliphatic imine (C=N–C) groups is 1. The molecule has 1 aromatic carbocycles. The molecule has 0 saturated heterocycles. The average Bonchev–Trinajstić information content (AvgIpc) is 2.66. The summed E-state index contributed by atoms with van der Waals surface area (Å²) in [4.78, 5) is 6.62. The largest absolute Gasteiger partial charge is 0.484 e. The summed E-state index contributed by atoms with van der Waals surface area (Å²) < 4.78 is 48.4. The van der Waals surface area contributed by atoms with Gasteiger partial charge in [0.25, 0.3) is 0 Å². The van der Waals surface area contributed by atoms with Crippen molar-refractivity contribution in [2.24, 2.45) is 4.99 Å². The molecule has 2 N–H and O–H groups in total. The Kier molecular flexibility index (Phi) is 14.9. The predicted molar refractivity (Wildman–Crippen MR) is 130 cm³/mol. The summed E-state index contributed by atoms with van der Waals surface area (Å²) in [5, 5.41) is 6.42. The molecule has 0 fully saturated rings. The first-order valence-electron chi connectivity index (χ1n) is 10.2. The molecule has 0 bridgehead atoms. The molecular weight excluding hydrogens is 524 g/mol. The highest BCUT2D eigenvalue weighted by Gasteiger charge is 2.28. The van der Waals surface area contributed by atoms with Gasteiger partial charge in [0.15, 0.2) is 12.6 Å². The van der Waals surface area contributed by atoms with E-state index < -0.39 is 12.8 Å². The second kappa shape index (κ2) is 15.5. The summed E-state index contributed by atoms with van der Waals surface area (Å²) in [6.07, 6.45) is -3.48. The molecule has 0 amide bonds. The molecule has 1 aromatic rings. The third kappa shape index (κ3) is 13.7. The zero-order chi connectivity index (χ0) is 22.6. The summed E-state index contributed by atoms with van der Waals surface area (Å²) in [5.74, 6) is 0.777. The third-order valence-electron chi connectivity index (χ3n) is 4.16. The van der Waals surface area contributed by atoms with Crippen LogP contribution >= 0.6 is 24.0 Å². The number of alkyl halides is 3. The van der Waals surface area contributed by atoms with Gasteiger partial charge in [-0.25, -0.2) is 4.99 Å². The highest BCUT2D eigenvalue weighted by molar-refractivity contribution is 14.0. The van der Waals surface area contributed by atoms with Crippen LogP contribution in [0, 0.1) is 6.92 Å². The highest BCUT2D eigenvalue weighted by atomic mass is 127. The van der Waals surface area contributed by atoms with Crippen LogP contribution in [-0.4, -0.2) is 70.1 Å². The maximum atomic E-state index is 12.6. The van der Waals surface area contributed by atoms with Crippen molar-refractivity contribution in [3.8, 4) is 5.75 Å². The fourth-order valence-corrected chi connectivity index (χ4v) is 2.69. The number of halogens is 4. The Morgan fingerprint density at radius 3 is 2.48 bits per heavy atom. The van der Waals surface area contributed by atoms with Gasteiger partial charge in [0.05, 0.1) is 12.6 Å². The van der Waals surface area contributed by atoms with E-state index in [1.165, 1.54) is 0 Å². The summed E-state index contributed by atoms with van der Waals surface area (Å²) >= 11 is 0. The molecule has 1 atom stereocenters. The number of nitrogens with one attached hydrogen (secondary N) is 2. The van der Waals surface area contributed by atoms with E-state index in [0.717, 1.165) is 18.5 Å². The zero-order valence-electron chi connectivity index (χ0n) is 19.0. The van der Waals surface area contributed by atoms with Gasteiger partial charge in [-0.2, -0.15) is 13.2 Å². The number of benzene rings is 1. The fraction of sp³-hybridized carbons (Fsp3) is 0.667. The van der Waals surface area contributed by atoms with Crippen molar-refractivity contribution >= 4 is 29.9 Å². The van der Waals surface area contributed by atoms with Crippen LogP contribution in [0.4, 0.5) is 13.2 Å². The van der Waals surface area contributed by atoms with Gasteiger partial charge in [0, 0.05) is 31.8 Å². The maximum absolute atomic E-state index is 12.6. The van der Waals surface area contributed by atoms with Gasteiger partial charge in [-0.3, -0.25) is 0 Å². The van der Waals surface area contributed by atoms with Gasteiger partial charge >= 0.3 is 6.18 Å². The van der Waals surface area contributed by atoms with Crippen molar-refractivity contribution in [3.05, 3.63) is 29.3 Å². The molecule has 0 radical (unpaired) electrons. The first-order valence-corrected chi connectivity index (χ1v) is 10.2. The Balaban J connectivity index is 0.00000900. The van der Waals surface area contributed by atoms with Crippen LogP contribution in [0.1, 0.15) is 31.4 Å². The lowest BCUT2D eigenvalue weighted by atomic mass is 10.1. The number of aryl methyl sites for hydroxylation is 1. The molecule has 31 heavy (non-hydrogen) atoms. The Labute approximate surface area is 201 Å². The molecule has 1 rings (SSSR count). The molecule has 1 unspecified atom stereocenters. The van der Waals surface area contributed by atoms with E-state index in [4.69, 9.17) is 9.47 Å². The Hall–Kier alpha value is -1.27. The van der Waals surface area contributed by atoms with Crippen LogP contribution in [0.25, 0.3) is 0 Å². The van der Waals surface area contributed by atoms with Crippen LogP contribution in [-0.2, 0) is 11.3 Å². The molecule has 0 heterocycles. The summed E-state index contributed by atoms with van der Waals surface area (Å²) in [7, 11) is 4.03. The van der Waals surface area contributed by atoms with Crippen LogP contribution in [0.15, 0.2) is 23.2 Å². The number of hydrogen-bond acceptors (Lipinski definition) is 4. The minimum absolute atomic E-state index is 0. The zero-order valence-corrected chi connectivity index (χ0v) is 21.3. The number of rotatable bonds is 12. The highest BCUT2D eigenvalue weighted by Crippen LogP contribution is 2.24. The van der Waals surface area contributed by atoms with Crippen molar-refractivity contribution in [3.63, 3.8) is 0 Å². The standard InChI is InChI=1S/C21H35F3N4O2.HI/c1-6-25-20(27-14-18(29-7-2)10-11-28(4)5)26-13-17-9-8-16(3)12-19(17)30-15-21(22,23)24;/h8-9,12,18H,6-7,10-11,13-15H2,1-5H3,(H2,25,26,27);1H. The smallest absolute Gasteiger partial charge is 0.422 e. The molecule has 0 aromatic heterocycles.